The first-order valence-electron chi connectivity index (χ1n) is 6.47. The van der Waals surface area contributed by atoms with Crippen molar-refractivity contribution in [2.75, 3.05) is 20.3 Å². The van der Waals surface area contributed by atoms with Gasteiger partial charge in [0.05, 0.1) is 12.1 Å². The minimum Gasteiger partial charge on any atom is -0.495 e. The second kappa shape index (κ2) is 5.00. The molecule has 5 nitrogen and oxygen atoms in total. The van der Waals surface area contributed by atoms with Crippen LogP contribution in [0, 0.1) is 0 Å². The molecule has 0 aromatic heterocycles. The number of isocyanates is 1. The molecule has 0 radical (unpaired) electrons. The standard InChI is InChI=1S/C14H14ClNO4/c1-18-9-7-10-13(20-6-5-19-10)11(12(9)15)14(16-8-17)3-2-4-14/h7H,2-6H2,1H3. The van der Waals surface area contributed by atoms with Crippen LogP contribution >= 0.6 is 11.6 Å². The van der Waals surface area contributed by atoms with Gasteiger partial charge >= 0.3 is 0 Å². The van der Waals surface area contributed by atoms with Crippen molar-refractivity contribution in [2.45, 2.75) is 24.8 Å². The van der Waals surface area contributed by atoms with Crippen molar-refractivity contribution in [1.82, 2.24) is 0 Å². The Balaban J connectivity index is 2.24. The molecular weight excluding hydrogens is 282 g/mol. The van der Waals surface area contributed by atoms with Gasteiger partial charge in [0.1, 0.15) is 24.5 Å². The average Bonchev–Trinajstić information content (AvgIpc) is 2.43. The topological polar surface area (TPSA) is 57.1 Å². The fraction of sp³-hybridized carbons (Fsp3) is 0.500. The van der Waals surface area contributed by atoms with Gasteiger partial charge in [-0.1, -0.05) is 11.6 Å². The van der Waals surface area contributed by atoms with Gasteiger partial charge in [-0.25, -0.2) is 4.79 Å². The molecule has 1 aliphatic heterocycles. The van der Waals surface area contributed by atoms with Crippen LogP contribution < -0.4 is 14.2 Å². The monoisotopic (exact) mass is 295 g/mol. The number of aliphatic imine (C=N–C) groups is 1. The maximum atomic E-state index is 10.8. The second-order valence-corrected chi connectivity index (χ2v) is 5.26. The highest BCUT2D eigenvalue weighted by Gasteiger charge is 2.45. The Bertz CT molecular complexity index is 591. The summed E-state index contributed by atoms with van der Waals surface area (Å²) in [5.41, 5.74) is 0.0286. The van der Waals surface area contributed by atoms with E-state index in [0.29, 0.717) is 41.0 Å². The summed E-state index contributed by atoms with van der Waals surface area (Å²) in [6, 6.07) is 1.71. The Morgan fingerprint density at radius 3 is 2.75 bits per heavy atom. The van der Waals surface area contributed by atoms with Crippen LogP contribution in [0.25, 0.3) is 0 Å². The van der Waals surface area contributed by atoms with Crippen molar-refractivity contribution in [2.24, 2.45) is 4.99 Å². The van der Waals surface area contributed by atoms with Gasteiger partial charge in [0, 0.05) is 11.6 Å². The second-order valence-electron chi connectivity index (χ2n) is 4.88. The van der Waals surface area contributed by atoms with E-state index in [1.165, 1.54) is 7.11 Å². The maximum Gasteiger partial charge on any atom is 0.235 e. The van der Waals surface area contributed by atoms with Crippen molar-refractivity contribution in [1.29, 1.82) is 0 Å². The molecule has 20 heavy (non-hydrogen) atoms. The number of benzene rings is 1. The molecular formula is C14H14ClNO4. The number of fused-ring (bicyclic) bond motifs is 1. The third kappa shape index (κ3) is 1.86. The van der Waals surface area contributed by atoms with E-state index in [1.54, 1.807) is 12.1 Å². The largest absolute Gasteiger partial charge is 0.495 e. The Morgan fingerprint density at radius 1 is 1.40 bits per heavy atom. The van der Waals surface area contributed by atoms with E-state index < -0.39 is 5.54 Å². The minimum absolute atomic E-state index is 0.426. The number of hydrogen-bond acceptors (Lipinski definition) is 5. The third-order valence-electron chi connectivity index (χ3n) is 3.86. The Hall–Kier alpha value is -1.71. The SMILES string of the molecule is COc1cc2c(c(C3(N=C=O)CCC3)c1Cl)OCCO2. The molecule has 1 aromatic carbocycles. The van der Waals surface area contributed by atoms with Crippen LogP contribution in [0.4, 0.5) is 0 Å². The van der Waals surface area contributed by atoms with Gasteiger partial charge in [-0.05, 0) is 19.3 Å². The smallest absolute Gasteiger partial charge is 0.235 e. The predicted molar refractivity (Wildman–Crippen MR) is 72.6 cm³/mol. The quantitative estimate of drug-likeness (QED) is 0.635. The summed E-state index contributed by atoms with van der Waals surface area (Å²) < 4.78 is 16.6. The zero-order valence-electron chi connectivity index (χ0n) is 11.1. The van der Waals surface area contributed by atoms with E-state index in [1.807, 2.05) is 0 Å². The maximum absolute atomic E-state index is 10.8. The fourth-order valence-electron chi connectivity index (χ4n) is 2.72. The first kappa shape index (κ1) is 13.3. The first-order chi connectivity index (χ1) is 9.72. The lowest BCUT2D eigenvalue weighted by atomic mass is 9.71. The van der Waals surface area contributed by atoms with Crippen molar-refractivity contribution in [3.05, 3.63) is 16.7 Å². The number of halogens is 1. The van der Waals surface area contributed by atoms with Crippen LogP contribution in [-0.2, 0) is 10.3 Å². The molecule has 106 valence electrons. The van der Waals surface area contributed by atoms with Crippen LogP contribution in [0.1, 0.15) is 24.8 Å². The highest BCUT2D eigenvalue weighted by Crippen LogP contribution is 2.56. The molecule has 6 heteroatoms. The van der Waals surface area contributed by atoms with Gasteiger partial charge in [-0.15, -0.1) is 0 Å². The molecule has 0 bridgehead atoms. The van der Waals surface area contributed by atoms with Crippen LogP contribution in [0.5, 0.6) is 17.2 Å². The molecule has 0 atom stereocenters. The Kier molecular flexibility index (Phi) is 3.32. The lowest BCUT2D eigenvalue weighted by Crippen LogP contribution is -2.34. The van der Waals surface area contributed by atoms with E-state index in [0.717, 1.165) is 19.3 Å². The van der Waals surface area contributed by atoms with Crippen molar-refractivity contribution < 1.29 is 19.0 Å². The van der Waals surface area contributed by atoms with Crippen molar-refractivity contribution in [3.63, 3.8) is 0 Å². The van der Waals surface area contributed by atoms with E-state index in [2.05, 4.69) is 4.99 Å². The van der Waals surface area contributed by atoms with Gasteiger partial charge in [-0.2, -0.15) is 4.99 Å². The van der Waals surface area contributed by atoms with Gasteiger partial charge in [0.15, 0.2) is 11.5 Å². The zero-order chi connectivity index (χ0) is 14.2. The average molecular weight is 296 g/mol. The molecule has 1 aliphatic carbocycles. The summed E-state index contributed by atoms with van der Waals surface area (Å²) in [4.78, 5) is 14.8. The molecule has 0 saturated heterocycles. The van der Waals surface area contributed by atoms with Crippen LogP contribution in [-0.4, -0.2) is 26.4 Å². The summed E-state index contributed by atoms with van der Waals surface area (Å²) in [5, 5.41) is 0.426. The lowest BCUT2D eigenvalue weighted by molar-refractivity contribution is 0.159. The van der Waals surface area contributed by atoms with E-state index in [9.17, 15) is 4.79 Å². The Labute approximate surface area is 121 Å². The lowest BCUT2D eigenvalue weighted by Gasteiger charge is -2.39. The minimum atomic E-state index is -0.655. The van der Waals surface area contributed by atoms with Crippen LogP contribution in [0.15, 0.2) is 11.1 Å². The van der Waals surface area contributed by atoms with Gasteiger partial charge in [-0.3, -0.25) is 0 Å². The van der Waals surface area contributed by atoms with E-state index in [4.69, 9.17) is 25.8 Å². The zero-order valence-corrected chi connectivity index (χ0v) is 11.8. The molecule has 1 saturated carbocycles. The molecule has 0 amide bonds. The van der Waals surface area contributed by atoms with Crippen LogP contribution in [0.2, 0.25) is 5.02 Å². The molecule has 1 aromatic rings. The van der Waals surface area contributed by atoms with Crippen LogP contribution in [0.3, 0.4) is 0 Å². The number of hydrogen-bond donors (Lipinski definition) is 0. The number of methoxy groups -OCH3 is 1. The van der Waals surface area contributed by atoms with E-state index in [-0.39, 0.29) is 0 Å². The predicted octanol–water partition coefficient (Wildman–Crippen LogP) is 2.83. The van der Waals surface area contributed by atoms with E-state index >= 15 is 0 Å². The Morgan fingerprint density at radius 2 is 2.15 bits per heavy atom. The normalized spacial score (nSPS) is 18.7. The number of nitrogens with zero attached hydrogens (tertiary/aromatic N) is 1. The molecule has 3 rings (SSSR count). The van der Waals surface area contributed by atoms with Crippen molar-refractivity contribution >= 4 is 17.7 Å². The highest BCUT2D eigenvalue weighted by atomic mass is 35.5. The number of ether oxygens (including phenoxy) is 3. The molecule has 1 heterocycles. The molecule has 1 fully saturated rings. The van der Waals surface area contributed by atoms with Crippen molar-refractivity contribution in [3.8, 4) is 17.2 Å². The number of rotatable bonds is 3. The molecule has 0 unspecified atom stereocenters. The highest BCUT2D eigenvalue weighted by molar-refractivity contribution is 6.33. The summed E-state index contributed by atoms with van der Waals surface area (Å²) in [7, 11) is 1.54. The third-order valence-corrected chi connectivity index (χ3v) is 4.24. The summed E-state index contributed by atoms with van der Waals surface area (Å²) in [6.07, 6.45) is 4.12. The fourth-order valence-corrected chi connectivity index (χ4v) is 3.11. The summed E-state index contributed by atoms with van der Waals surface area (Å²) >= 11 is 6.43. The molecule has 0 N–H and O–H groups in total. The van der Waals surface area contributed by atoms with Gasteiger partial charge in [0.25, 0.3) is 0 Å². The van der Waals surface area contributed by atoms with Gasteiger partial charge < -0.3 is 14.2 Å². The summed E-state index contributed by atoms with van der Waals surface area (Å²) in [5.74, 6) is 1.65. The number of carbonyl (C=O) groups excluding carboxylic acids is 1. The summed E-state index contributed by atoms with van der Waals surface area (Å²) in [6.45, 7) is 0.921. The molecule has 0 spiro atoms. The first-order valence-corrected chi connectivity index (χ1v) is 6.85. The molecule has 2 aliphatic rings. The van der Waals surface area contributed by atoms with Gasteiger partial charge in [0.2, 0.25) is 6.08 Å².